The summed E-state index contributed by atoms with van der Waals surface area (Å²) in [5.74, 6) is 0. The van der Waals surface area contributed by atoms with E-state index in [0.29, 0.717) is 19.1 Å². The number of rotatable bonds is 6. The van der Waals surface area contributed by atoms with Gasteiger partial charge < -0.3 is 15.2 Å². The molecule has 0 spiro atoms. The van der Waals surface area contributed by atoms with Crippen LogP contribution in [0.3, 0.4) is 0 Å². The Morgan fingerprint density at radius 2 is 2.00 bits per heavy atom. The van der Waals surface area contributed by atoms with Crippen LogP contribution in [0, 0.1) is 0 Å². The van der Waals surface area contributed by atoms with Gasteiger partial charge in [-0.05, 0) is 47.7 Å². The van der Waals surface area contributed by atoms with Crippen LogP contribution < -0.4 is 16.2 Å². The SMILES string of the molecule is O=C(NCCCCn1cc(Br)ccc1=O)NC1CCCCC1. The van der Waals surface area contributed by atoms with Crippen molar-refractivity contribution in [2.45, 2.75) is 57.5 Å². The van der Waals surface area contributed by atoms with Crippen molar-refractivity contribution in [2.24, 2.45) is 0 Å². The smallest absolute Gasteiger partial charge is 0.315 e. The maximum Gasteiger partial charge on any atom is 0.315 e. The van der Waals surface area contributed by atoms with Gasteiger partial charge in [-0.3, -0.25) is 4.79 Å². The van der Waals surface area contributed by atoms with Crippen molar-refractivity contribution in [2.75, 3.05) is 6.54 Å². The van der Waals surface area contributed by atoms with Gasteiger partial charge in [0.25, 0.3) is 5.56 Å². The summed E-state index contributed by atoms with van der Waals surface area (Å²) < 4.78 is 2.59. The lowest BCUT2D eigenvalue weighted by molar-refractivity contribution is 0.232. The number of halogens is 1. The summed E-state index contributed by atoms with van der Waals surface area (Å²) in [7, 11) is 0. The lowest BCUT2D eigenvalue weighted by atomic mass is 9.96. The monoisotopic (exact) mass is 369 g/mol. The van der Waals surface area contributed by atoms with Crippen molar-refractivity contribution in [1.82, 2.24) is 15.2 Å². The summed E-state index contributed by atoms with van der Waals surface area (Å²) in [6.45, 7) is 1.31. The molecule has 1 aliphatic rings. The van der Waals surface area contributed by atoms with Gasteiger partial charge in [0, 0.05) is 35.9 Å². The second-order valence-corrected chi connectivity index (χ2v) is 6.74. The molecular formula is C16H24BrN3O2. The molecule has 1 saturated carbocycles. The first-order chi connectivity index (χ1) is 10.6. The minimum Gasteiger partial charge on any atom is -0.338 e. The number of carbonyl (C=O) groups is 1. The Morgan fingerprint density at radius 1 is 1.23 bits per heavy atom. The lowest BCUT2D eigenvalue weighted by Crippen LogP contribution is -2.43. The number of pyridine rings is 1. The Kier molecular flexibility index (Phi) is 6.96. The molecule has 0 bridgehead atoms. The van der Waals surface area contributed by atoms with Crippen LogP contribution in [0.15, 0.2) is 27.6 Å². The number of amides is 2. The van der Waals surface area contributed by atoms with Crippen LogP contribution in [0.2, 0.25) is 0 Å². The van der Waals surface area contributed by atoms with E-state index in [4.69, 9.17) is 0 Å². The summed E-state index contributed by atoms with van der Waals surface area (Å²) in [5.41, 5.74) is 0.00574. The summed E-state index contributed by atoms with van der Waals surface area (Å²) >= 11 is 3.36. The molecule has 1 aromatic heterocycles. The number of nitrogens with one attached hydrogen (secondary N) is 2. The Bertz CT molecular complexity index is 538. The number of hydrogen-bond donors (Lipinski definition) is 2. The molecule has 0 unspecified atom stereocenters. The van der Waals surface area contributed by atoms with Crippen LogP contribution in [0.25, 0.3) is 0 Å². The third-order valence-electron chi connectivity index (χ3n) is 4.00. The molecule has 2 N–H and O–H groups in total. The minimum absolute atomic E-state index is 0.00574. The quantitative estimate of drug-likeness (QED) is 0.757. The number of aryl methyl sites for hydroxylation is 1. The van der Waals surface area contributed by atoms with E-state index < -0.39 is 0 Å². The van der Waals surface area contributed by atoms with Gasteiger partial charge in [0.2, 0.25) is 0 Å². The van der Waals surface area contributed by atoms with Crippen LogP contribution in [0.5, 0.6) is 0 Å². The van der Waals surface area contributed by atoms with Crippen molar-refractivity contribution >= 4 is 22.0 Å². The predicted octanol–water partition coefficient (Wildman–Crippen LogP) is 3.02. The van der Waals surface area contributed by atoms with Crippen LogP contribution in [-0.2, 0) is 6.54 Å². The molecule has 122 valence electrons. The predicted molar refractivity (Wildman–Crippen MR) is 91.0 cm³/mol. The Hall–Kier alpha value is -1.30. The zero-order chi connectivity index (χ0) is 15.8. The fraction of sp³-hybridized carbons (Fsp3) is 0.625. The molecule has 0 saturated heterocycles. The van der Waals surface area contributed by atoms with Crippen LogP contribution in [-0.4, -0.2) is 23.2 Å². The minimum atomic E-state index is -0.0634. The number of carbonyl (C=O) groups excluding carboxylic acids is 1. The fourth-order valence-electron chi connectivity index (χ4n) is 2.77. The average Bonchev–Trinajstić information content (AvgIpc) is 2.51. The van der Waals surface area contributed by atoms with Crippen LogP contribution in [0.4, 0.5) is 4.79 Å². The van der Waals surface area contributed by atoms with Crippen molar-refractivity contribution in [3.8, 4) is 0 Å². The van der Waals surface area contributed by atoms with Crippen molar-refractivity contribution < 1.29 is 4.79 Å². The van der Waals surface area contributed by atoms with Gasteiger partial charge in [-0.1, -0.05) is 19.3 Å². The van der Waals surface area contributed by atoms with E-state index in [0.717, 1.165) is 30.2 Å². The molecule has 1 heterocycles. The van der Waals surface area contributed by atoms with E-state index in [2.05, 4.69) is 26.6 Å². The third-order valence-corrected chi connectivity index (χ3v) is 4.47. The Morgan fingerprint density at radius 3 is 2.77 bits per heavy atom. The van der Waals surface area contributed by atoms with E-state index in [1.807, 2.05) is 0 Å². The van der Waals surface area contributed by atoms with Crippen molar-refractivity contribution in [3.05, 3.63) is 33.2 Å². The van der Waals surface area contributed by atoms with Gasteiger partial charge in [-0.25, -0.2) is 4.79 Å². The van der Waals surface area contributed by atoms with Crippen LogP contribution in [0.1, 0.15) is 44.9 Å². The number of aromatic nitrogens is 1. The molecule has 2 amide bonds. The largest absolute Gasteiger partial charge is 0.338 e. The van der Waals surface area contributed by atoms with Gasteiger partial charge in [0.05, 0.1) is 0 Å². The van der Waals surface area contributed by atoms with Gasteiger partial charge in [-0.2, -0.15) is 0 Å². The summed E-state index contributed by atoms with van der Waals surface area (Å²) in [6, 6.07) is 3.58. The van der Waals surface area contributed by atoms with Crippen LogP contribution >= 0.6 is 15.9 Å². The second kappa shape index (κ2) is 8.98. The average molecular weight is 370 g/mol. The first-order valence-corrected chi connectivity index (χ1v) is 8.85. The highest BCUT2D eigenvalue weighted by molar-refractivity contribution is 9.10. The standard InChI is InChI=1S/C16H24BrN3O2/c17-13-8-9-15(21)20(12-13)11-5-4-10-18-16(22)19-14-6-2-1-3-7-14/h8-9,12,14H,1-7,10-11H2,(H2,18,19,22). The third kappa shape index (κ3) is 5.83. The Balaban J connectivity index is 1.59. The molecule has 5 nitrogen and oxygen atoms in total. The van der Waals surface area contributed by atoms with Crippen molar-refractivity contribution in [3.63, 3.8) is 0 Å². The van der Waals surface area contributed by atoms with Gasteiger partial charge in [-0.15, -0.1) is 0 Å². The normalized spacial score (nSPS) is 15.5. The molecule has 0 aromatic carbocycles. The van der Waals surface area contributed by atoms with E-state index in [9.17, 15) is 9.59 Å². The topological polar surface area (TPSA) is 63.1 Å². The number of hydrogen-bond acceptors (Lipinski definition) is 2. The summed E-state index contributed by atoms with van der Waals surface area (Å²) in [6.07, 6.45) is 9.43. The van der Waals surface area contributed by atoms with Gasteiger partial charge in [0.15, 0.2) is 0 Å². The fourth-order valence-corrected chi connectivity index (χ4v) is 3.15. The first-order valence-electron chi connectivity index (χ1n) is 8.05. The molecule has 6 heteroatoms. The molecule has 0 aliphatic heterocycles. The maximum absolute atomic E-state index is 11.8. The molecule has 0 radical (unpaired) electrons. The Labute approximate surface area is 139 Å². The van der Waals surface area contributed by atoms with E-state index >= 15 is 0 Å². The van der Waals surface area contributed by atoms with Gasteiger partial charge in [0.1, 0.15) is 0 Å². The van der Waals surface area contributed by atoms with Crippen molar-refractivity contribution in [1.29, 1.82) is 0 Å². The highest BCUT2D eigenvalue weighted by Gasteiger charge is 2.14. The number of urea groups is 1. The summed E-state index contributed by atoms with van der Waals surface area (Å²) in [4.78, 5) is 23.4. The second-order valence-electron chi connectivity index (χ2n) is 5.82. The van der Waals surface area contributed by atoms with E-state index in [1.54, 1.807) is 22.9 Å². The van der Waals surface area contributed by atoms with E-state index in [1.165, 1.54) is 19.3 Å². The van der Waals surface area contributed by atoms with Gasteiger partial charge >= 0.3 is 6.03 Å². The first kappa shape index (κ1) is 17.1. The van der Waals surface area contributed by atoms with E-state index in [-0.39, 0.29) is 11.6 Å². The molecule has 1 fully saturated rings. The zero-order valence-electron chi connectivity index (χ0n) is 12.8. The molecule has 22 heavy (non-hydrogen) atoms. The summed E-state index contributed by atoms with van der Waals surface area (Å²) in [5, 5.41) is 5.93. The number of nitrogens with zero attached hydrogens (tertiary/aromatic N) is 1. The molecule has 1 aromatic rings. The molecular weight excluding hydrogens is 346 g/mol. The lowest BCUT2D eigenvalue weighted by Gasteiger charge is -2.22. The molecule has 1 aliphatic carbocycles. The maximum atomic E-state index is 11.8. The zero-order valence-corrected chi connectivity index (χ0v) is 14.4. The molecule has 2 rings (SSSR count). The molecule has 0 atom stereocenters. The highest BCUT2D eigenvalue weighted by Crippen LogP contribution is 2.17. The highest BCUT2D eigenvalue weighted by atomic mass is 79.9. The number of unbranched alkanes of at least 4 members (excludes halogenated alkanes) is 1.